The van der Waals surface area contributed by atoms with E-state index in [0.29, 0.717) is 28.5 Å². The molecular weight excluding hydrogens is 394 g/mol. The van der Waals surface area contributed by atoms with Gasteiger partial charge in [-0.2, -0.15) is 0 Å². The van der Waals surface area contributed by atoms with Gasteiger partial charge >= 0.3 is 0 Å². The maximum atomic E-state index is 5.92. The smallest absolute Gasteiger partial charge is 0.247 e. The fraction of sp³-hybridized carbons (Fsp3) is 0.200. The Morgan fingerprint density at radius 1 is 1.04 bits per heavy atom. The second kappa shape index (κ2) is 7.41. The summed E-state index contributed by atoms with van der Waals surface area (Å²) in [6.07, 6.45) is 2.34. The minimum absolute atomic E-state index is 0.480. The van der Waals surface area contributed by atoms with Crippen LogP contribution in [0.2, 0.25) is 5.02 Å². The normalized spacial score (nSPS) is 13.8. The van der Waals surface area contributed by atoms with Crippen molar-refractivity contribution in [3.63, 3.8) is 0 Å². The van der Waals surface area contributed by atoms with Gasteiger partial charge in [0.25, 0.3) is 0 Å². The van der Waals surface area contributed by atoms with Crippen LogP contribution in [0.3, 0.4) is 0 Å². The Bertz CT molecular complexity index is 1090. The summed E-state index contributed by atoms with van der Waals surface area (Å²) in [5.41, 5.74) is 1.88. The third kappa shape index (κ3) is 3.68. The van der Waals surface area contributed by atoms with E-state index in [-0.39, 0.29) is 0 Å². The first kappa shape index (κ1) is 17.5. The lowest BCUT2D eigenvalue weighted by atomic mass is 10.2. The Hall–Kier alpha value is -2.64. The molecule has 2 aromatic heterocycles. The third-order valence-corrected chi connectivity index (χ3v) is 5.51. The predicted octanol–water partition coefficient (Wildman–Crippen LogP) is 5.14. The van der Waals surface area contributed by atoms with Gasteiger partial charge in [-0.15, -0.1) is 15.3 Å². The molecule has 2 heterocycles. The van der Waals surface area contributed by atoms with Crippen molar-refractivity contribution in [1.29, 1.82) is 0 Å². The van der Waals surface area contributed by atoms with Crippen LogP contribution < -0.4 is 0 Å². The van der Waals surface area contributed by atoms with Crippen LogP contribution in [0.25, 0.3) is 17.1 Å². The van der Waals surface area contributed by atoms with Crippen LogP contribution in [0.4, 0.5) is 0 Å². The highest BCUT2D eigenvalue weighted by molar-refractivity contribution is 7.98. The second-order valence-electron chi connectivity index (χ2n) is 6.57. The summed E-state index contributed by atoms with van der Waals surface area (Å²) in [5.74, 6) is 3.07. The zero-order valence-corrected chi connectivity index (χ0v) is 16.4. The lowest BCUT2D eigenvalue weighted by molar-refractivity contribution is 0.528. The standard InChI is InChI=1S/C20H16ClN5OS/c21-15-10-8-14(9-11-15)19-24-23-17(27-19)12-28-20-22-18(13-6-7-13)26(25-20)16-4-2-1-3-5-16/h1-5,8-11,13H,6-7,12H2. The van der Waals surface area contributed by atoms with Crippen LogP contribution in [-0.2, 0) is 5.75 Å². The highest BCUT2D eigenvalue weighted by Crippen LogP contribution is 2.40. The summed E-state index contributed by atoms with van der Waals surface area (Å²) in [6, 6.07) is 17.4. The molecule has 5 rings (SSSR count). The van der Waals surface area contributed by atoms with Gasteiger partial charge in [-0.05, 0) is 49.2 Å². The van der Waals surface area contributed by atoms with Crippen molar-refractivity contribution in [3.8, 4) is 17.1 Å². The number of hydrogen-bond acceptors (Lipinski definition) is 6. The van der Waals surface area contributed by atoms with Crippen LogP contribution >= 0.6 is 23.4 Å². The third-order valence-electron chi connectivity index (χ3n) is 4.44. The summed E-state index contributed by atoms with van der Waals surface area (Å²) in [7, 11) is 0. The molecular formula is C20H16ClN5OS. The molecule has 0 N–H and O–H groups in total. The summed E-state index contributed by atoms with van der Waals surface area (Å²) < 4.78 is 7.72. The number of halogens is 1. The molecule has 1 aliphatic carbocycles. The second-order valence-corrected chi connectivity index (χ2v) is 7.95. The van der Waals surface area contributed by atoms with E-state index in [9.17, 15) is 0 Å². The molecule has 0 spiro atoms. The number of aromatic nitrogens is 5. The van der Waals surface area contributed by atoms with Crippen molar-refractivity contribution in [2.24, 2.45) is 0 Å². The van der Waals surface area contributed by atoms with E-state index >= 15 is 0 Å². The lowest BCUT2D eigenvalue weighted by Crippen LogP contribution is -2.01. The molecule has 6 nitrogen and oxygen atoms in total. The van der Waals surface area contributed by atoms with Crippen molar-refractivity contribution in [2.45, 2.75) is 29.7 Å². The minimum Gasteiger partial charge on any atom is -0.420 e. The molecule has 28 heavy (non-hydrogen) atoms. The molecule has 0 amide bonds. The summed E-state index contributed by atoms with van der Waals surface area (Å²) >= 11 is 7.42. The molecule has 0 radical (unpaired) electrons. The number of thioether (sulfide) groups is 1. The van der Waals surface area contributed by atoms with Gasteiger partial charge in [0.15, 0.2) is 0 Å². The van der Waals surface area contributed by atoms with Crippen molar-refractivity contribution in [3.05, 3.63) is 71.3 Å². The molecule has 0 aliphatic heterocycles. The first-order valence-electron chi connectivity index (χ1n) is 9.00. The van der Waals surface area contributed by atoms with Gasteiger partial charge in [0.05, 0.1) is 11.4 Å². The van der Waals surface area contributed by atoms with E-state index in [2.05, 4.69) is 10.2 Å². The summed E-state index contributed by atoms with van der Waals surface area (Å²) in [5, 5.41) is 14.3. The number of rotatable bonds is 6. The van der Waals surface area contributed by atoms with Crippen molar-refractivity contribution in [2.75, 3.05) is 0 Å². The van der Waals surface area contributed by atoms with Crippen LogP contribution in [0.5, 0.6) is 0 Å². The quantitative estimate of drug-likeness (QED) is 0.410. The Balaban J connectivity index is 1.33. The molecule has 1 aliphatic rings. The van der Waals surface area contributed by atoms with E-state index in [1.54, 1.807) is 12.1 Å². The fourth-order valence-electron chi connectivity index (χ4n) is 2.88. The first-order chi connectivity index (χ1) is 13.8. The van der Waals surface area contributed by atoms with Crippen LogP contribution in [0, 0.1) is 0 Å². The highest BCUT2D eigenvalue weighted by Gasteiger charge is 2.30. The van der Waals surface area contributed by atoms with Crippen molar-refractivity contribution in [1.82, 2.24) is 25.0 Å². The molecule has 140 valence electrons. The van der Waals surface area contributed by atoms with Crippen molar-refractivity contribution < 1.29 is 4.42 Å². The SMILES string of the molecule is Clc1ccc(-c2nnc(CSc3nc(C4CC4)n(-c4ccccc4)n3)o2)cc1. The molecule has 4 aromatic rings. The van der Waals surface area contributed by atoms with E-state index < -0.39 is 0 Å². The summed E-state index contributed by atoms with van der Waals surface area (Å²) in [6.45, 7) is 0. The molecule has 1 saturated carbocycles. The zero-order valence-electron chi connectivity index (χ0n) is 14.8. The molecule has 0 atom stereocenters. The Morgan fingerprint density at radius 3 is 2.57 bits per heavy atom. The zero-order chi connectivity index (χ0) is 18.9. The van der Waals surface area contributed by atoms with Crippen LogP contribution in [0.15, 0.2) is 64.2 Å². The maximum absolute atomic E-state index is 5.92. The van der Waals surface area contributed by atoms with Gasteiger partial charge < -0.3 is 4.42 Å². The Morgan fingerprint density at radius 2 is 1.82 bits per heavy atom. The van der Waals surface area contributed by atoms with Crippen LogP contribution in [-0.4, -0.2) is 25.0 Å². The predicted molar refractivity (Wildman–Crippen MR) is 108 cm³/mol. The summed E-state index contributed by atoms with van der Waals surface area (Å²) in [4.78, 5) is 4.75. The molecule has 0 unspecified atom stereocenters. The molecule has 1 fully saturated rings. The largest absolute Gasteiger partial charge is 0.420 e. The van der Waals surface area contributed by atoms with E-state index in [1.165, 1.54) is 24.6 Å². The Labute approximate surface area is 171 Å². The molecule has 0 saturated heterocycles. The average Bonchev–Trinajstić information content (AvgIpc) is 3.31. The molecule has 8 heteroatoms. The number of hydrogen-bond donors (Lipinski definition) is 0. The molecule has 2 aromatic carbocycles. The van der Waals surface area contributed by atoms with Gasteiger partial charge in [-0.3, -0.25) is 0 Å². The average molecular weight is 410 g/mol. The topological polar surface area (TPSA) is 69.6 Å². The van der Waals surface area contributed by atoms with E-state index in [0.717, 1.165) is 22.2 Å². The van der Waals surface area contributed by atoms with Crippen molar-refractivity contribution >= 4 is 23.4 Å². The Kier molecular flexibility index (Phi) is 4.62. The van der Waals surface area contributed by atoms with Gasteiger partial charge in [0.1, 0.15) is 5.82 Å². The first-order valence-corrected chi connectivity index (χ1v) is 10.4. The molecule has 0 bridgehead atoms. The monoisotopic (exact) mass is 409 g/mol. The highest BCUT2D eigenvalue weighted by atomic mass is 35.5. The number of benzene rings is 2. The van der Waals surface area contributed by atoms with Gasteiger partial charge in [0.2, 0.25) is 16.9 Å². The number of para-hydroxylation sites is 1. The van der Waals surface area contributed by atoms with E-state index in [1.807, 2.05) is 47.1 Å². The van der Waals surface area contributed by atoms with E-state index in [4.69, 9.17) is 26.1 Å². The minimum atomic E-state index is 0.480. The number of nitrogens with zero attached hydrogens (tertiary/aromatic N) is 5. The maximum Gasteiger partial charge on any atom is 0.247 e. The van der Waals surface area contributed by atoms with Gasteiger partial charge in [0, 0.05) is 16.5 Å². The van der Waals surface area contributed by atoms with Gasteiger partial charge in [-0.1, -0.05) is 41.6 Å². The lowest BCUT2D eigenvalue weighted by Gasteiger charge is -2.03. The fourth-order valence-corrected chi connectivity index (χ4v) is 3.67. The van der Waals surface area contributed by atoms with Crippen LogP contribution in [0.1, 0.15) is 30.5 Å². The van der Waals surface area contributed by atoms with Gasteiger partial charge in [-0.25, -0.2) is 9.67 Å².